The molecule has 0 radical (unpaired) electrons. The highest BCUT2D eigenvalue weighted by molar-refractivity contribution is 9.10. The smallest absolute Gasteiger partial charge is 0.139 e. The molecule has 0 saturated heterocycles. The highest BCUT2D eigenvalue weighted by Gasteiger charge is 2.09. The molecule has 1 aromatic heterocycles. The van der Waals surface area contributed by atoms with Gasteiger partial charge in [-0.05, 0) is 28.1 Å². The average Bonchev–Trinajstić information content (AvgIpc) is 2.29. The van der Waals surface area contributed by atoms with Crippen molar-refractivity contribution < 1.29 is 5.11 Å². The highest BCUT2D eigenvalue weighted by atomic mass is 79.9. The van der Waals surface area contributed by atoms with E-state index in [1.807, 2.05) is 30.1 Å². The number of hydrogen-bond donors (Lipinski definition) is 1. The number of para-hydroxylation sites is 1. The number of anilines is 1. The molecule has 1 aromatic carbocycles. The van der Waals surface area contributed by atoms with Crippen molar-refractivity contribution in [2.24, 2.45) is 0 Å². The summed E-state index contributed by atoms with van der Waals surface area (Å²) in [5.41, 5.74) is 0.886. The van der Waals surface area contributed by atoms with E-state index in [1.54, 1.807) is 0 Å². The summed E-state index contributed by atoms with van der Waals surface area (Å²) in [5, 5.41) is 9.91. The molecule has 0 aliphatic rings. The average molecular weight is 282 g/mol. The molecule has 0 fully saturated rings. The molecule has 84 valence electrons. The van der Waals surface area contributed by atoms with E-state index in [0.717, 1.165) is 21.2 Å². The summed E-state index contributed by atoms with van der Waals surface area (Å²) in [6.45, 7) is 0.661. The van der Waals surface area contributed by atoms with Crippen molar-refractivity contribution in [2.75, 3.05) is 25.1 Å². The van der Waals surface area contributed by atoms with Gasteiger partial charge in [-0.1, -0.05) is 6.07 Å². The van der Waals surface area contributed by atoms with Crippen LogP contribution in [0.2, 0.25) is 0 Å². The fourth-order valence-electron chi connectivity index (χ4n) is 1.60. The van der Waals surface area contributed by atoms with Gasteiger partial charge in [0, 0.05) is 23.5 Å². The maximum atomic E-state index is 8.93. The normalized spacial score (nSPS) is 10.7. The SMILES string of the molecule is CN(CCO)c1ncnc2c(Br)cccc12. The van der Waals surface area contributed by atoms with Crippen LogP contribution in [-0.4, -0.2) is 35.3 Å². The molecule has 0 saturated carbocycles. The topological polar surface area (TPSA) is 49.2 Å². The molecule has 0 amide bonds. The Hall–Kier alpha value is -1.20. The maximum Gasteiger partial charge on any atom is 0.139 e. The molecular formula is C11H12BrN3O. The van der Waals surface area contributed by atoms with Crippen LogP contribution in [0.3, 0.4) is 0 Å². The third kappa shape index (κ3) is 2.01. The molecule has 1 heterocycles. The van der Waals surface area contributed by atoms with E-state index in [9.17, 15) is 0 Å². The van der Waals surface area contributed by atoms with Crippen molar-refractivity contribution in [1.82, 2.24) is 9.97 Å². The lowest BCUT2D eigenvalue weighted by Crippen LogP contribution is -2.22. The van der Waals surface area contributed by atoms with Crippen molar-refractivity contribution >= 4 is 32.7 Å². The summed E-state index contributed by atoms with van der Waals surface area (Å²) in [6, 6.07) is 5.88. The van der Waals surface area contributed by atoms with Crippen LogP contribution in [-0.2, 0) is 0 Å². The maximum absolute atomic E-state index is 8.93. The highest BCUT2D eigenvalue weighted by Crippen LogP contribution is 2.27. The van der Waals surface area contributed by atoms with E-state index in [2.05, 4.69) is 25.9 Å². The number of benzene rings is 1. The van der Waals surface area contributed by atoms with Gasteiger partial charge in [0.15, 0.2) is 0 Å². The molecule has 0 bridgehead atoms. The molecule has 0 atom stereocenters. The van der Waals surface area contributed by atoms with E-state index in [1.165, 1.54) is 6.33 Å². The summed E-state index contributed by atoms with van der Waals surface area (Å²) < 4.78 is 0.950. The number of aliphatic hydroxyl groups is 1. The van der Waals surface area contributed by atoms with E-state index in [-0.39, 0.29) is 6.61 Å². The summed E-state index contributed by atoms with van der Waals surface area (Å²) in [6.07, 6.45) is 1.54. The molecule has 2 aromatic rings. The zero-order chi connectivity index (χ0) is 11.5. The van der Waals surface area contributed by atoms with Gasteiger partial charge in [-0.3, -0.25) is 0 Å². The second-order valence-electron chi connectivity index (χ2n) is 3.48. The summed E-state index contributed by atoms with van der Waals surface area (Å²) >= 11 is 3.46. The molecule has 2 rings (SSSR count). The Labute approximate surface area is 102 Å². The number of rotatable bonds is 3. The second kappa shape index (κ2) is 4.76. The van der Waals surface area contributed by atoms with Crippen molar-refractivity contribution in [1.29, 1.82) is 0 Å². The number of aromatic nitrogens is 2. The first-order valence-corrected chi connectivity index (χ1v) is 5.74. The summed E-state index contributed by atoms with van der Waals surface area (Å²) in [7, 11) is 1.90. The Balaban J connectivity index is 2.58. The molecule has 16 heavy (non-hydrogen) atoms. The third-order valence-electron chi connectivity index (χ3n) is 2.39. The quantitative estimate of drug-likeness (QED) is 0.933. The zero-order valence-electron chi connectivity index (χ0n) is 8.89. The van der Waals surface area contributed by atoms with Gasteiger partial charge in [0.2, 0.25) is 0 Å². The minimum absolute atomic E-state index is 0.107. The molecule has 5 heteroatoms. The van der Waals surface area contributed by atoms with Gasteiger partial charge < -0.3 is 10.0 Å². The van der Waals surface area contributed by atoms with Gasteiger partial charge >= 0.3 is 0 Å². The Morgan fingerprint density at radius 2 is 2.19 bits per heavy atom. The van der Waals surface area contributed by atoms with Gasteiger partial charge in [0.1, 0.15) is 12.1 Å². The zero-order valence-corrected chi connectivity index (χ0v) is 10.5. The number of hydrogen-bond acceptors (Lipinski definition) is 4. The molecule has 0 aliphatic heterocycles. The van der Waals surface area contributed by atoms with Crippen molar-refractivity contribution in [3.63, 3.8) is 0 Å². The molecule has 1 N–H and O–H groups in total. The lowest BCUT2D eigenvalue weighted by Gasteiger charge is -2.18. The van der Waals surface area contributed by atoms with Crippen molar-refractivity contribution in [3.05, 3.63) is 29.0 Å². The molecule has 0 unspecified atom stereocenters. The van der Waals surface area contributed by atoms with Crippen LogP contribution >= 0.6 is 15.9 Å². The van der Waals surface area contributed by atoms with Crippen LogP contribution in [0.15, 0.2) is 29.0 Å². The first kappa shape index (κ1) is 11.3. The van der Waals surface area contributed by atoms with Gasteiger partial charge in [-0.2, -0.15) is 0 Å². The molecule has 4 nitrogen and oxygen atoms in total. The lowest BCUT2D eigenvalue weighted by atomic mass is 10.2. The second-order valence-corrected chi connectivity index (χ2v) is 4.33. The Kier molecular flexibility index (Phi) is 3.36. The van der Waals surface area contributed by atoms with E-state index in [4.69, 9.17) is 5.11 Å². The summed E-state index contributed by atoms with van der Waals surface area (Å²) in [5.74, 6) is 0.834. The third-order valence-corrected chi connectivity index (χ3v) is 3.03. The predicted octanol–water partition coefficient (Wildman–Crippen LogP) is 1.82. The van der Waals surface area contributed by atoms with Gasteiger partial charge in [-0.25, -0.2) is 9.97 Å². The summed E-state index contributed by atoms with van der Waals surface area (Å²) in [4.78, 5) is 10.4. The Morgan fingerprint density at radius 1 is 1.38 bits per heavy atom. The van der Waals surface area contributed by atoms with Crippen molar-refractivity contribution in [3.8, 4) is 0 Å². The van der Waals surface area contributed by atoms with E-state index < -0.39 is 0 Å². The van der Waals surface area contributed by atoms with E-state index >= 15 is 0 Å². The monoisotopic (exact) mass is 281 g/mol. The first-order valence-electron chi connectivity index (χ1n) is 4.95. The number of nitrogens with zero attached hydrogens (tertiary/aromatic N) is 3. The van der Waals surface area contributed by atoms with Crippen LogP contribution in [0.5, 0.6) is 0 Å². The first-order chi connectivity index (χ1) is 7.74. The molecular weight excluding hydrogens is 270 g/mol. The standard InChI is InChI=1S/C11H12BrN3O/c1-15(5-6-16)11-8-3-2-4-9(12)10(8)13-7-14-11/h2-4,7,16H,5-6H2,1H3. The molecule has 0 spiro atoms. The number of halogens is 1. The van der Waals surface area contributed by atoms with E-state index in [0.29, 0.717) is 6.54 Å². The lowest BCUT2D eigenvalue weighted by molar-refractivity contribution is 0.304. The number of fused-ring (bicyclic) bond motifs is 1. The Bertz CT molecular complexity index is 504. The van der Waals surface area contributed by atoms with Crippen LogP contribution in [0.4, 0.5) is 5.82 Å². The van der Waals surface area contributed by atoms with Gasteiger partial charge in [0.05, 0.1) is 12.1 Å². The predicted molar refractivity (Wildman–Crippen MR) is 67.6 cm³/mol. The Morgan fingerprint density at radius 3 is 2.94 bits per heavy atom. The van der Waals surface area contributed by atoms with Crippen LogP contribution in [0.25, 0.3) is 10.9 Å². The van der Waals surface area contributed by atoms with Crippen LogP contribution in [0, 0.1) is 0 Å². The molecule has 0 aliphatic carbocycles. The number of aliphatic hydroxyl groups excluding tert-OH is 1. The fraction of sp³-hybridized carbons (Fsp3) is 0.273. The van der Waals surface area contributed by atoms with Crippen LogP contribution < -0.4 is 4.90 Å². The fourth-order valence-corrected chi connectivity index (χ4v) is 2.07. The minimum Gasteiger partial charge on any atom is -0.395 e. The largest absolute Gasteiger partial charge is 0.395 e. The van der Waals surface area contributed by atoms with Gasteiger partial charge in [0.25, 0.3) is 0 Å². The number of likely N-dealkylation sites (N-methyl/N-ethyl adjacent to an activating group) is 1. The van der Waals surface area contributed by atoms with Crippen molar-refractivity contribution in [2.45, 2.75) is 0 Å². The van der Waals surface area contributed by atoms with Crippen LogP contribution in [0.1, 0.15) is 0 Å². The van der Waals surface area contributed by atoms with Gasteiger partial charge in [-0.15, -0.1) is 0 Å². The minimum atomic E-state index is 0.107.